The number of anilines is 1. The maximum atomic E-state index is 6.18. The summed E-state index contributed by atoms with van der Waals surface area (Å²) in [4.78, 5) is 0. The minimum Gasteiger partial charge on any atom is -0.381 e. The van der Waals surface area contributed by atoms with Crippen LogP contribution in [-0.2, 0) is 4.74 Å². The van der Waals surface area contributed by atoms with E-state index in [9.17, 15) is 0 Å². The first-order chi connectivity index (χ1) is 8.18. The quantitative estimate of drug-likeness (QED) is 0.871. The molecule has 94 valence electrons. The Bertz CT molecular complexity index is 385. The highest BCUT2D eigenvalue weighted by Gasteiger charge is 2.37. The van der Waals surface area contributed by atoms with Gasteiger partial charge in [-0.3, -0.25) is 0 Å². The van der Waals surface area contributed by atoms with Crippen LogP contribution in [-0.4, -0.2) is 25.3 Å². The second-order valence-corrected chi connectivity index (χ2v) is 5.10. The smallest absolute Gasteiger partial charge is 0.0637 e. The Labute approximate surface area is 107 Å². The Kier molecular flexibility index (Phi) is 3.92. The topological polar surface area (TPSA) is 47.3 Å². The Morgan fingerprint density at radius 3 is 2.94 bits per heavy atom. The zero-order valence-corrected chi connectivity index (χ0v) is 10.8. The predicted molar refractivity (Wildman–Crippen MR) is 71.5 cm³/mol. The Morgan fingerprint density at radius 2 is 2.29 bits per heavy atom. The van der Waals surface area contributed by atoms with E-state index < -0.39 is 0 Å². The summed E-state index contributed by atoms with van der Waals surface area (Å²) >= 11 is 6.18. The van der Waals surface area contributed by atoms with Crippen molar-refractivity contribution in [2.45, 2.75) is 18.9 Å². The van der Waals surface area contributed by atoms with Crippen LogP contribution in [0.2, 0.25) is 5.02 Å². The average Bonchev–Trinajstić information content (AvgIpc) is 2.35. The highest BCUT2D eigenvalue weighted by atomic mass is 35.5. The molecule has 0 bridgehead atoms. The highest BCUT2D eigenvalue weighted by Crippen LogP contribution is 2.32. The zero-order chi connectivity index (χ0) is 12.3. The van der Waals surface area contributed by atoms with Gasteiger partial charge in [-0.25, -0.2) is 0 Å². The fraction of sp³-hybridized carbons (Fsp3) is 0.538. The lowest BCUT2D eigenvalue weighted by Crippen LogP contribution is -2.55. The van der Waals surface area contributed by atoms with E-state index in [0.29, 0.717) is 12.5 Å². The molecule has 2 atom stereocenters. The van der Waals surface area contributed by atoms with Gasteiger partial charge >= 0.3 is 0 Å². The van der Waals surface area contributed by atoms with Gasteiger partial charge in [-0.15, -0.1) is 0 Å². The van der Waals surface area contributed by atoms with Crippen molar-refractivity contribution >= 4 is 17.3 Å². The summed E-state index contributed by atoms with van der Waals surface area (Å²) in [5, 5.41) is 4.26. The molecule has 1 fully saturated rings. The number of halogens is 1. The molecule has 4 heteroatoms. The maximum Gasteiger partial charge on any atom is 0.0637 e. The van der Waals surface area contributed by atoms with Gasteiger partial charge in [0, 0.05) is 19.1 Å². The lowest BCUT2D eigenvalue weighted by atomic mass is 9.81. The number of nitrogens with one attached hydrogen (secondary N) is 1. The molecule has 2 unspecified atom stereocenters. The second-order valence-electron chi connectivity index (χ2n) is 4.69. The van der Waals surface area contributed by atoms with E-state index in [1.165, 1.54) is 0 Å². The van der Waals surface area contributed by atoms with E-state index in [-0.39, 0.29) is 5.54 Å². The minimum atomic E-state index is -0.108. The molecule has 2 rings (SSSR count). The monoisotopic (exact) mass is 254 g/mol. The van der Waals surface area contributed by atoms with Crippen LogP contribution in [0.5, 0.6) is 0 Å². The first-order valence-corrected chi connectivity index (χ1v) is 6.36. The number of nitrogens with two attached hydrogens (primary N) is 1. The normalized spacial score (nSPS) is 29.0. The van der Waals surface area contributed by atoms with E-state index in [1.807, 2.05) is 24.3 Å². The molecule has 0 spiro atoms. The zero-order valence-electron chi connectivity index (χ0n) is 10.1. The summed E-state index contributed by atoms with van der Waals surface area (Å²) in [6, 6.07) is 7.78. The third kappa shape index (κ3) is 2.57. The van der Waals surface area contributed by atoms with Gasteiger partial charge in [0.2, 0.25) is 0 Å². The van der Waals surface area contributed by atoms with Gasteiger partial charge in [0.05, 0.1) is 22.9 Å². The molecule has 0 saturated carbocycles. The van der Waals surface area contributed by atoms with Crippen molar-refractivity contribution in [1.29, 1.82) is 0 Å². The van der Waals surface area contributed by atoms with Crippen molar-refractivity contribution in [3.8, 4) is 0 Å². The molecule has 3 N–H and O–H groups in total. The summed E-state index contributed by atoms with van der Waals surface area (Å²) in [6.45, 7) is 4.24. The van der Waals surface area contributed by atoms with Gasteiger partial charge in [0.15, 0.2) is 0 Å². The molecular weight excluding hydrogens is 236 g/mol. The van der Waals surface area contributed by atoms with Gasteiger partial charge in [-0.05, 0) is 18.6 Å². The summed E-state index contributed by atoms with van der Waals surface area (Å²) in [5.41, 5.74) is 6.81. The second kappa shape index (κ2) is 5.25. The summed E-state index contributed by atoms with van der Waals surface area (Å²) in [5.74, 6) is 0.373. The van der Waals surface area contributed by atoms with Crippen LogP contribution in [0, 0.1) is 5.92 Å². The first-order valence-electron chi connectivity index (χ1n) is 5.98. The third-order valence-corrected chi connectivity index (χ3v) is 3.95. The van der Waals surface area contributed by atoms with Crippen LogP contribution in [0.15, 0.2) is 24.3 Å². The van der Waals surface area contributed by atoms with Gasteiger partial charge in [0.1, 0.15) is 0 Å². The summed E-state index contributed by atoms with van der Waals surface area (Å²) in [7, 11) is 0. The fourth-order valence-corrected chi connectivity index (χ4v) is 2.47. The number of hydrogen-bond donors (Lipinski definition) is 2. The van der Waals surface area contributed by atoms with Crippen LogP contribution in [0.3, 0.4) is 0 Å². The van der Waals surface area contributed by atoms with Gasteiger partial charge < -0.3 is 15.8 Å². The molecule has 1 heterocycles. The molecule has 1 aromatic rings. The molecule has 0 radical (unpaired) electrons. The van der Waals surface area contributed by atoms with Crippen LogP contribution >= 0.6 is 11.6 Å². The Hall–Kier alpha value is -0.770. The van der Waals surface area contributed by atoms with Crippen LogP contribution in [0.1, 0.15) is 13.3 Å². The highest BCUT2D eigenvalue weighted by molar-refractivity contribution is 6.33. The minimum absolute atomic E-state index is 0.108. The molecule has 17 heavy (non-hydrogen) atoms. The molecule has 1 aromatic carbocycles. The molecule has 1 aliphatic rings. The van der Waals surface area contributed by atoms with Crippen LogP contribution in [0.4, 0.5) is 5.69 Å². The van der Waals surface area contributed by atoms with Gasteiger partial charge in [0.25, 0.3) is 0 Å². The van der Waals surface area contributed by atoms with Gasteiger partial charge in [-0.2, -0.15) is 0 Å². The van der Waals surface area contributed by atoms with Crippen molar-refractivity contribution in [3.63, 3.8) is 0 Å². The Balaban J connectivity index is 2.22. The molecular formula is C13H19ClN2O. The van der Waals surface area contributed by atoms with E-state index in [1.54, 1.807) is 0 Å². The standard InChI is InChI=1S/C13H19ClN2O/c1-10-8-17-7-6-13(10,9-15)16-12-5-3-2-4-11(12)14/h2-5,10,16H,6-9,15H2,1H3. The molecule has 1 saturated heterocycles. The van der Waals surface area contributed by atoms with Crippen molar-refractivity contribution in [1.82, 2.24) is 0 Å². The maximum absolute atomic E-state index is 6.18. The number of benzene rings is 1. The van der Waals surface area contributed by atoms with Crippen molar-refractivity contribution < 1.29 is 4.74 Å². The molecule has 0 aromatic heterocycles. The number of para-hydroxylation sites is 1. The van der Waals surface area contributed by atoms with Crippen LogP contribution < -0.4 is 11.1 Å². The lowest BCUT2D eigenvalue weighted by Gasteiger charge is -2.43. The number of ether oxygens (including phenoxy) is 1. The molecule has 1 aliphatic heterocycles. The van der Waals surface area contributed by atoms with E-state index >= 15 is 0 Å². The number of hydrogen-bond acceptors (Lipinski definition) is 3. The summed E-state index contributed by atoms with van der Waals surface area (Å²) in [6.07, 6.45) is 0.913. The third-order valence-electron chi connectivity index (χ3n) is 3.63. The fourth-order valence-electron chi connectivity index (χ4n) is 2.29. The van der Waals surface area contributed by atoms with E-state index in [2.05, 4.69) is 12.2 Å². The predicted octanol–water partition coefficient (Wildman–Crippen LogP) is 2.51. The van der Waals surface area contributed by atoms with Crippen LogP contribution in [0.25, 0.3) is 0 Å². The molecule has 0 amide bonds. The Morgan fingerprint density at radius 1 is 1.53 bits per heavy atom. The number of rotatable bonds is 3. The van der Waals surface area contributed by atoms with Gasteiger partial charge in [-0.1, -0.05) is 30.7 Å². The SMILES string of the molecule is CC1COCCC1(CN)Nc1ccccc1Cl. The van der Waals surface area contributed by atoms with Crippen molar-refractivity contribution in [2.24, 2.45) is 11.7 Å². The first kappa shape index (κ1) is 12.7. The van der Waals surface area contributed by atoms with E-state index in [0.717, 1.165) is 30.3 Å². The van der Waals surface area contributed by atoms with Crippen molar-refractivity contribution in [3.05, 3.63) is 29.3 Å². The average molecular weight is 255 g/mol. The van der Waals surface area contributed by atoms with Crippen molar-refractivity contribution in [2.75, 3.05) is 25.1 Å². The largest absolute Gasteiger partial charge is 0.381 e. The molecule has 3 nitrogen and oxygen atoms in total. The lowest BCUT2D eigenvalue weighted by molar-refractivity contribution is 0.0205. The molecule has 0 aliphatic carbocycles. The van der Waals surface area contributed by atoms with E-state index in [4.69, 9.17) is 22.1 Å². The summed E-state index contributed by atoms with van der Waals surface area (Å²) < 4.78 is 5.48.